The summed E-state index contributed by atoms with van der Waals surface area (Å²) >= 11 is 0. The maximum Gasteiger partial charge on any atom is 0.244 e. The highest BCUT2D eigenvalue weighted by Crippen LogP contribution is 2.43. The standard InChI is InChI=1S/C22H27N3O/c26-21(23-20-9-5-2-6-10-20)22(12-13-22)25-17-15-24(16-18-25)14-11-19-7-3-1-4-8-19/h1-10H,11-18H2,(H,23,26). The van der Waals surface area contributed by atoms with Gasteiger partial charge >= 0.3 is 0 Å². The molecule has 2 aromatic carbocycles. The van der Waals surface area contributed by atoms with E-state index < -0.39 is 0 Å². The van der Waals surface area contributed by atoms with Crippen LogP contribution < -0.4 is 5.32 Å². The van der Waals surface area contributed by atoms with E-state index in [9.17, 15) is 4.79 Å². The second-order valence-corrected chi connectivity index (χ2v) is 7.42. The monoisotopic (exact) mass is 349 g/mol. The van der Waals surface area contributed by atoms with Gasteiger partial charge in [-0.3, -0.25) is 9.69 Å². The Bertz CT molecular complexity index is 720. The minimum atomic E-state index is -0.263. The first-order valence-electron chi connectivity index (χ1n) is 9.64. The fourth-order valence-electron chi connectivity index (χ4n) is 3.91. The topological polar surface area (TPSA) is 35.6 Å². The zero-order valence-electron chi connectivity index (χ0n) is 15.2. The molecule has 0 aromatic heterocycles. The zero-order valence-corrected chi connectivity index (χ0v) is 15.2. The summed E-state index contributed by atoms with van der Waals surface area (Å²) in [6.45, 7) is 5.16. The summed E-state index contributed by atoms with van der Waals surface area (Å²) in [7, 11) is 0. The third-order valence-electron chi connectivity index (χ3n) is 5.72. The van der Waals surface area contributed by atoms with Crippen molar-refractivity contribution in [2.45, 2.75) is 24.8 Å². The molecule has 4 nitrogen and oxygen atoms in total. The molecule has 0 atom stereocenters. The van der Waals surface area contributed by atoms with Crippen molar-refractivity contribution < 1.29 is 4.79 Å². The molecule has 1 aliphatic carbocycles. The first-order valence-corrected chi connectivity index (χ1v) is 9.64. The number of carbonyl (C=O) groups is 1. The second-order valence-electron chi connectivity index (χ2n) is 7.42. The summed E-state index contributed by atoms with van der Waals surface area (Å²) in [5.74, 6) is 0.168. The minimum absolute atomic E-state index is 0.168. The third-order valence-corrected chi connectivity index (χ3v) is 5.72. The fourth-order valence-corrected chi connectivity index (χ4v) is 3.91. The van der Waals surface area contributed by atoms with Crippen LogP contribution in [0.3, 0.4) is 0 Å². The molecular weight excluding hydrogens is 322 g/mol. The predicted molar refractivity (Wildman–Crippen MR) is 105 cm³/mol. The predicted octanol–water partition coefficient (Wildman–Crippen LogP) is 3.02. The van der Waals surface area contributed by atoms with Crippen LogP contribution >= 0.6 is 0 Å². The van der Waals surface area contributed by atoms with E-state index in [-0.39, 0.29) is 11.4 Å². The van der Waals surface area contributed by atoms with Gasteiger partial charge in [-0.2, -0.15) is 0 Å². The molecule has 0 spiro atoms. The van der Waals surface area contributed by atoms with E-state index in [1.54, 1.807) is 0 Å². The number of nitrogens with zero attached hydrogens (tertiary/aromatic N) is 2. The van der Waals surface area contributed by atoms with Gasteiger partial charge in [-0.1, -0.05) is 48.5 Å². The van der Waals surface area contributed by atoms with E-state index in [2.05, 4.69) is 45.4 Å². The van der Waals surface area contributed by atoms with Gasteiger partial charge in [0.2, 0.25) is 5.91 Å². The molecule has 0 unspecified atom stereocenters. The highest BCUT2D eigenvalue weighted by atomic mass is 16.2. The Labute approximate surface area is 155 Å². The number of nitrogens with one attached hydrogen (secondary N) is 1. The lowest BCUT2D eigenvalue weighted by atomic mass is 10.1. The van der Waals surface area contributed by atoms with Crippen molar-refractivity contribution in [3.63, 3.8) is 0 Å². The van der Waals surface area contributed by atoms with Crippen molar-refractivity contribution in [1.82, 2.24) is 9.80 Å². The zero-order chi connectivity index (χ0) is 17.8. The molecule has 1 saturated heterocycles. The van der Waals surface area contributed by atoms with Crippen LogP contribution in [0, 0.1) is 0 Å². The Morgan fingerprint density at radius 1 is 0.885 bits per heavy atom. The lowest BCUT2D eigenvalue weighted by Crippen LogP contribution is -2.55. The molecule has 1 heterocycles. The molecule has 1 saturated carbocycles. The van der Waals surface area contributed by atoms with Crippen LogP contribution in [-0.2, 0) is 11.2 Å². The number of piperazine rings is 1. The van der Waals surface area contributed by atoms with E-state index >= 15 is 0 Å². The maximum absolute atomic E-state index is 12.8. The SMILES string of the molecule is O=C(Nc1ccccc1)C1(N2CCN(CCc3ccccc3)CC2)CC1. The highest BCUT2D eigenvalue weighted by molar-refractivity contribution is 6.00. The average Bonchev–Trinajstić information content (AvgIpc) is 3.51. The second kappa shape index (κ2) is 7.60. The van der Waals surface area contributed by atoms with Crippen LogP contribution in [0.5, 0.6) is 0 Å². The number of hydrogen-bond acceptors (Lipinski definition) is 3. The van der Waals surface area contributed by atoms with Crippen molar-refractivity contribution >= 4 is 11.6 Å². The van der Waals surface area contributed by atoms with Gasteiger partial charge in [0.25, 0.3) is 0 Å². The fraction of sp³-hybridized carbons (Fsp3) is 0.409. The van der Waals surface area contributed by atoms with Gasteiger partial charge in [-0.05, 0) is 37.0 Å². The molecule has 1 amide bonds. The van der Waals surface area contributed by atoms with Gasteiger partial charge in [-0.25, -0.2) is 0 Å². The molecule has 2 aromatic rings. The van der Waals surface area contributed by atoms with Gasteiger partial charge < -0.3 is 10.2 Å². The molecule has 0 radical (unpaired) electrons. The average molecular weight is 349 g/mol. The van der Waals surface area contributed by atoms with E-state index in [1.165, 1.54) is 5.56 Å². The number of hydrogen-bond donors (Lipinski definition) is 1. The number of anilines is 1. The van der Waals surface area contributed by atoms with Gasteiger partial charge in [0.05, 0.1) is 0 Å². The smallest absolute Gasteiger partial charge is 0.244 e. The van der Waals surface area contributed by atoms with Crippen molar-refractivity contribution in [3.8, 4) is 0 Å². The van der Waals surface area contributed by atoms with Crippen LogP contribution in [0.1, 0.15) is 18.4 Å². The maximum atomic E-state index is 12.8. The summed E-state index contributed by atoms with van der Waals surface area (Å²) in [6.07, 6.45) is 3.06. The number of para-hydroxylation sites is 1. The number of benzene rings is 2. The lowest BCUT2D eigenvalue weighted by molar-refractivity contribution is -0.123. The van der Waals surface area contributed by atoms with Gasteiger partial charge in [0, 0.05) is 38.4 Å². The summed E-state index contributed by atoms with van der Waals surface area (Å²) in [5, 5.41) is 3.11. The Hall–Kier alpha value is -2.17. The van der Waals surface area contributed by atoms with Crippen molar-refractivity contribution in [3.05, 3.63) is 66.2 Å². The van der Waals surface area contributed by atoms with Gasteiger partial charge in [0.15, 0.2) is 0 Å². The molecule has 4 rings (SSSR count). The highest BCUT2D eigenvalue weighted by Gasteiger charge is 2.54. The van der Waals surface area contributed by atoms with E-state index in [0.717, 1.165) is 57.7 Å². The Balaban J connectivity index is 1.28. The van der Waals surface area contributed by atoms with Crippen LogP contribution in [-0.4, -0.2) is 54.0 Å². The molecular formula is C22H27N3O. The molecule has 2 fully saturated rings. The summed E-state index contributed by atoms with van der Waals surface area (Å²) in [6, 6.07) is 20.5. The molecule has 136 valence electrons. The van der Waals surface area contributed by atoms with Crippen LogP contribution in [0.15, 0.2) is 60.7 Å². The third kappa shape index (κ3) is 3.81. The molecule has 1 aliphatic heterocycles. The minimum Gasteiger partial charge on any atom is -0.324 e. The molecule has 2 aliphatic rings. The Morgan fingerprint density at radius 3 is 2.12 bits per heavy atom. The summed E-state index contributed by atoms with van der Waals surface area (Å²) < 4.78 is 0. The van der Waals surface area contributed by atoms with E-state index in [1.807, 2.05) is 30.3 Å². The first-order chi connectivity index (χ1) is 12.8. The number of rotatable bonds is 6. The van der Waals surface area contributed by atoms with Crippen LogP contribution in [0.2, 0.25) is 0 Å². The van der Waals surface area contributed by atoms with Crippen molar-refractivity contribution in [2.75, 3.05) is 38.0 Å². The van der Waals surface area contributed by atoms with E-state index in [4.69, 9.17) is 0 Å². The summed E-state index contributed by atoms with van der Waals surface area (Å²) in [4.78, 5) is 17.8. The van der Waals surface area contributed by atoms with Gasteiger partial charge in [0.1, 0.15) is 5.54 Å². The Morgan fingerprint density at radius 2 is 1.50 bits per heavy atom. The molecule has 26 heavy (non-hydrogen) atoms. The number of amides is 1. The normalized spacial score (nSPS) is 19.8. The summed E-state index contributed by atoms with van der Waals surface area (Å²) in [5.41, 5.74) is 2.03. The Kier molecular flexibility index (Phi) is 5.05. The largest absolute Gasteiger partial charge is 0.324 e. The van der Waals surface area contributed by atoms with E-state index in [0.29, 0.717) is 0 Å². The first kappa shape index (κ1) is 17.3. The number of carbonyl (C=O) groups excluding carboxylic acids is 1. The lowest BCUT2D eigenvalue weighted by Gasteiger charge is -2.39. The quantitative estimate of drug-likeness (QED) is 0.871. The molecule has 4 heteroatoms. The van der Waals surface area contributed by atoms with Gasteiger partial charge in [-0.15, -0.1) is 0 Å². The van der Waals surface area contributed by atoms with Crippen LogP contribution in [0.25, 0.3) is 0 Å². The molecule has 1 N–H and O–H groups in total. The van der Waals surface area contributed by atoms with Crippen LogP contribution in [0.4, 0.5) is 5.69 Å². The van der Waals surface area contributed by atoms with Crippen molar-refractivity contribution in [1.29, 1.82) is 0 Å². The molecule has 0 bridgehead atoms. The van der Waals surface area contributed by atoms with Crippen molar-refractivity contribution in [2.24, 2.45) is 0 Å².